The molecule has 4 nitrogen and oxygen atoms in total. The van der Waals surface area contributed by atoms with Crippen LogP contribution in [0, 0.1) is 5.92 Å². The van der Waals surface area contributed by atoms with Crippen molar-refractivity contribution in [3.63, 3.8) is 0 Å². The molecule has 1 rings (SSSR count). The Hall–Kier alpha value is -0.840. The normalized spacial score (nSPS) is 10.7. The summed E-state index contributed by atoms with van der Waals surface area (Å²) in [5.41, 5.74) is 0. The van der Waals surface area contributed by atoms with Gasteiger partial charge in [-0.3, -0.25) is 0 Å². The van der Waals surface area contributed by atoms with Crippen molar-refractivity contribution in [1.82, 2.24) is 9.97 Å². The van der Waals surface area contributed by atoms with Gasteiger partial charge in [-0.1, -0.05) is 33.6 Å². The molecule has 0 radical (unpaired) electrons. The molecule has 102 valence electrons. The second-order valence-corrected chi connectivity index (χ2v) is 5.23. The van der Waals surface area contributed by atoms with Crippen molar-refractivity contribution in [1.29, 1.82) is 0 Å². The molecule has 0 amide bonds. The first-order valence-electron chi connectivity index (χ1n) is 6.71. The lowest BCUT2D eigenvalue weighted by Crippen LogP contribution is -2.15. The van der Waals surface area contributed by atoms with Crippen LogP contribution in [-0.4, -0.2) is 23.1 Å². The fourth-order valence-corrected chi connectivity index (χ4v) is 1.96. The van der Waals surface area contributed by atoms with Gasteiger partial charge >= 0.3 is 0 Å². The molecule has 0 aromatic carbocycles. The average molecular weight is 315 g/mol. The van der Waals surface area contributed by atoms with Crippen molar-refractivity contribution in [2.24, 2.45) is 5.92 Å². The van der Waals surface area contributed by atoms with E-state index < -0.39 is 0 Å². The summed E-state index contributed by atoms with van der Waals surface area (Å²) in [6.45, 7) is 8.42. The molecule has 0 aliphatic carbocycles. The number of hydrogen-bond donors (Lipinski definition) is 2. The van der Waals surface area contributed by atoms with E-state index in [-0.39, 0.29) is 0 Å². The van der Waals surface area contributed by atoms with Crippen molar-refractivity contribution >= 4 is 27.7 Å². The van der Waals surface area contributed by atoms with Crippen LogP contribution < -0.4 is 10.6 Å². The second kappa shape index (κ2) is 8.29. The van der Waals surface area contributed by atoms with Gasteiger partial charge in [0.2, 0.25) is 5.95 Å². The third kappa shape index (κ3) is 4.80. The Balaban J connectivity index is 2.62. The maximum Gasteiger partial charge on any atom is 0.224 e. The molecular weight excluding hydrogens is 292 g/mol. The number of rotatable bonds is 8. The van der Waals surface area contributed by atoms with Crippen molar-refractivity contribution in [3.8, 4) is 0 Å². The monoisotopic (exact) mass is 314 g/mol. The van der Waals surface area contributed by atoms with E-state index in [1.165, 1.54) is 12.8 Å². The van der Waals surface area contributed by atoms with Crippen LogP contribution in [0.3, 0.4) is 0 Å². The van der Waals surface area contributed by atoms with Crippen molar-refractivity contribution in [3.05, 3.63) is 10.7 Å². The minimum Gasteiger partial charge on any atom is -0.369 e. The number of hydrogen-bond acceptors (Lipinski definition) is 4. The van der Waals surface area contributed by atoms with E-state index in [9.17, 15) is 0 Å². The molecule has 0 saturated heterocycles. The summed E-state index contributed by atoms with van der Waals surface area (Å²) in [6, 6.07) is 0. The summed E-state index contributed by atoms with van der Waals surface area (Å²) in [5, 5.41) is 6.59. The van der Waals surface area contributed by atoms with Crippen LogP contribution in [0.15, 0.2) is 10.7 Å². The predicted octanol–water partition coefficient (Wildman–Crippen LogP) is 3.91. The predicted molar refractivity (Wildman–Crippen MR) is 81.1 cm³/mol. The first-order chi connectivity index (χ1) is 8.71. The summed E-state index contributed by atoms with van der Waals surface area (Å²) in [7, 11) is 0. The summed E-state index contributed by atoms with van der Waals surface area (Å²) < 4.78 is 0.913. The van der Waals surface area contributed by atoms with Crippen LogP contribution in [-0.2, 0) is 0 Å². The lowest BCUT2D eigenvalue weighted by atomic mass is 10.0. The average Bonchev–Trinajstić information content (AvgIpc) is 2.40. The molecule has 0 aliphatic rings. The van der Waals surface area contributed by atoms with Gasteiger partial charge in [0, 0.05) is 19.3 Å². The third-order valence-corrected chi connectivity index (χ3v) is 3.57. The SMILES string of the molecule is CCCNc1ncc(Br)c(NCC(CC)CC)n1. The topological polar surface area (TPSA) is 49.8 Å². The van der Waals surface area contributed by atoms with E-state index in [1.54, 1.807) is 6.20 Å². The quantitative estimate of drug-likeness (QED) is 0.764. The second-order valence-electron chi connectivity index (χ2n) is 4.38. The van der Waals surface area contributed by atoms with Gasteiger partial charge in [0.05, 0.1) is 4.47 Å². The highest BCUT2D eigenvalue weighted by atomic mass is 79.9. The van der Waals surface area contributed by atoms with Crippen molar-refractivity contribution < 1.29 is 0 Å². The Labute approximate surface area is 118 Å². The Bertz CT molecular complexity index is 353. The number of halogens is 1. The number of anilines is 2. The van der Waals surface area contributed by atoms with Crippen LogP contribution in [0.4, 0.5) is 11.8 Å². The summed E-state index contributed by atoms with van der Waals surface area (Å²) in [6.07, 6.45) is 5.23. The summed E-state index contributed by atoms with van der Waals surface area (Å²) in [5.74, 6) is 2.25. The zero-order valence-electron chi connectivity index (χ0n) is 11.5. The Morgan fingerprint density at radius 2 is 1.94 bits per heavy atom. The number of nitrogens with zero attached hydrogens (tertiary/aromatic N) is 2. The Morgan fingerprint density at radius 3 is 2.56 bits per heavy atom. The van der Waals surface area contributed by atoms with Crippen LogP contribution in [0.1, 0.15) is 40.0 Å². The lowest BCUT2D eigenvalue weighted by Gasteiger charge is -2.15. The zero-order valence-corrected chi connectivity index (χ0v) is 13.0. The minimum atomic E-state index is 0.687. The van der Waals surface area contributed by atoms with Crippen LogP contribution in [0.5, 0.6) is 0 Å². The molecule has 1 heterocycles. The number of nitrogens with one attached hydrogen (secondary N) is 2. The summed E-state index contributed by atoms with van der Waals surface area (Å²) in [4.78, 5) is 8.70. The van der Waals surface area contributed by atoms with Gasteiger partial charge < -0.3 is 10.6 Å². The first kappa shape index (κ1) is 15.2. The molecule has 0 unspecified atom stereocenters. The molecule has 0 spiro atoms. The van der Waals surface area contributed by atoms with Gasteiger partial charge in [0.15, 0.2) is 0 Å². The van der Waals surface area contributed by atoms with Gasteiger partial charge in [0.1, 0.15) is 5.82 Å². The molecule has 0 atom stereocenters. The van der Waals surface area contributed by atoms with E-state index in [0.717, 1.165) is 29.8 Å². The molecule has 18 heavy (non-hydrogen) atoms. The first-order valence-corrected chi connectivity index (χ1v) is 7.50. The molecule has 1 aromatic heterocycles. The molecule has 0 bridgehead atoms. The molecule has 5 heteroatoms. The van der Waals surface area contributed by atoms with Crippen molar-refractivity contribution in [2.45, 2.75) is 40.0 Å². The zero-order chi connectivity index (χ0) is 13.4. The third-order valence-electron chi connectivity index (χ3n) is 2.99. The van der Waals surface area contributed by atoms with E-state index in [2.05, 4.69) is 57.3 Å². The van der Waals surface area contributed by atoms with Crippen molar-refractivity contribution in [2.75, 3.05) is 23.7 Å². The Kier molecular flexibility index (Phi) is 7.01. The van der Waals surface area contributed by atoms with Gasteiger partial charge in [-0.25, -0.2) is 4.98 Å². The van der Waals surface area contributed by atoms with Crippen LogP contribution in [0.25, 0.3) is 0 Å². The largest absolute Gasteiger partial charge is 0.369 e. The molecule has 1 aromatic rings. The van der Waals surface area contributed by atoms with E-state index in [1.807, 2.05) is 0 Å². The fraction of sp³-hybridized carbons (Fsp3) is 0.692. The maximum atomic E-state index is 4.47. The Morgan fingerprint density at radius 1 is 1.22 bits per heavy atom. The molecule has 2 N–H and O–H groups in total. The standard InChI is InChI=1S/C13H23BrN4/c1-4-7-15-13-17-9-11(14)12(18-13)16-8-10(5-2)6-3/h9-10H,4-8H2,1-3H3,(H2,15,16,17,18). The molecule has 0 fully saturated rings. The van der Waals surface area contributed by atoms with E-state index in [4.69, 9.17) is 0 Å². The van der Waals surface area contributed by atoms with Crippen LogP contribution >= 0.6 is 15.9 Å². The lowest BCUT2D eigenvalue weighted by molar-refractivity contribution is 0.518. The van der Waals surface area contributed by atoms with Gasteiger partial charge in [-0.05, 0) is 28.3 Å². The molecular formula is C13H23BrN4. The van der Waals surface area contributed by atoms with Gasteiger partial charge in [-0.15, -0.1) is 0 Å². The van der Waals surface area contributed by atoms with Gasteiger partial charge in [0.25, 0.3) is 0 Å². The summed E-state index contributed by atoms with van der Waals surface area (Å²) >= 11 is 3.48. The highest BCUT2D eigenvalue weighted by molar-refractivity contribution is 9.10. The maximum absolute atomic E-state index is 4.47. The fourth-order valence-electron chi connectivity index (χ4n) is 1.63. The van der Waals surface area contributed by atoms with E-state index >= 15 is 0 Å². The highest BCUT2D eigenvalue weighted by Crippen LogP contribution is 2.21. The van der Waals surface area contributed by atoms with Gasteiger partial charge in [-0.2, -0.15) is 4.98 Å². The van der Waals surface area contributed by atoms with Crippen LogP contribution in [0.2, 0.25) is 0 Å². The number of aromatic nitrogens is 2. The highest BCUT2D eigenvalue weighted by Gasteiger charge is 2.07. The smallest absolute Gasteiger partial charge is 0.224 e. The van der Waals surface area contributed by atoms with E-state index in [0.29, 0.717) is 11.9 Å². The molecule has 0 saturated carbocycles. The minimum absolute atomic E-state index is 0.687. The molecule has 0 aliphatic heterocycles.